The van der Waals surface area contributed by atoms with Gasteiger partial charge in [0.1, 0.15) is 11.6 Å². The molecule has 2 nitrogen and oxygen atoms in total. The van der Waals surface area contributed by atoms with Crippen LogP contribution in [0.5, 0.6) is 5.75 Å². The van der Waals surface area contributed by atoms with Gasteiger partial charge in [0.15, 0.2) is 0 Å². The molecule has 0 aliphatic heterocycles. The van der Waals surface area contributed by atoms with Gasteiger partial charge in [0.05, 0.1) is 5.69 Å². The summed E-state index contributed by atoms with van der Waals surface area (Å²) < 4.78 is 13.3. The number of nitrogens with zero attached hydrogens (tertiary/aromatic N) is 1. The van der Waals surface area contributed by atoms with Crippen LogP contribution in [0.25, 0.3) is 0 Å². The number of phenolic OH excluding ortho intramolecular Hbond substituents is 1. The van der Waals surface area contributed by atoms with Gasteiger partial charge < -0.3 is 5.11 Å². The van der Waals surface area contributed by atoms with E-state index >= 15 is 0 Å². The predicted octanol–water partition coefficient (Wildman–Crippen LogP) is 3.00. The average molecular weight is 229 g/mol. The van der Waals surface area contributed by atoms with E-state index < -0.39 is 5.82 Å². The van der Waals surface area contributed by atoms with Gasteiger partial charge in [-0.1, -0.05) is 6.07 Å². The summed E-state index contributed by atoms with van der Waals surface area (Å²) >= 11 is 0. The van der Waals surface area contributed by atoms with Crippen LogP contribution in [-0.2, 0) is 6.42 Å². The van der Waals surface area contributed by atoms with Gasteiger partial charge in [-0.15, -0.1) is 0 Å². The molecule has 0 saturated carbocycles. The fourth-order valence-electron chi connectivity index (χ4n) is 2.53. The second kappa shape index (κ2) is 3.84. The highest BCUT2D eigenvalue weighted by molar-refractivity contribution is 5.40. The number of hydrogen-bond donors (Lipinski definition) is 1. The standard InChI is InChI=1S/C14H12FNO/c15-11-6-10(7-12(17)8-11)13-4-3-9-2-1-5-16-14(9)13/h1-2,5-8,13,17H,3-4H2. The minimum Gasteiger partial charge on any atom is -0.508 e. The Kier molecular flexibility index (Phi) is 2.32. The van der Waals surface area contributed by atoms with Crippen molar-refractivity contribution < 1.29 is 9.50 Å². The number of aromatic hydroxyl groups is 1. The molecule has 1 aromatic heterocycles. The highest BCUT2D eigenvalue weighted by Crippen LogP contribution is 2.37. The van der Waals surface area contributed by atoms with E-state index in [4.69, 9.17) is 0 Å². The highest BCUT2D eigenvalue weighted by atomic mass is 19.1. The summed E-state index contributed by atoms with van der Waals surface area (Å²) in [6.45, 7) is 0. The molecule has 1 heterocycles. The fraction of sp³-hybridized carbons (Fsp3) is 0.214. The van der Waals surface area contributed by atoms with Crippen LogP contribution in [0.1, 0.15) is 29.2 Å². The van der Waals surface area contributed by atoms with Crippen molar-refractivity contribution in [1.82, 2.24) is 4.98 Å². The third kappa shape index (κ3) is 1.78. The molecule has 1 aliphatic carbocycles. The van der Waals surface area contributed by atoms with Gasteiger partial charge in [-0.05, 0) is 42.2 Å². The maximum atomic E-state index is 13.3. The Morgan fingerprint density at radius 2 is 2.18 bits per heavy atom. The molecule has 86 valence electrons. The molecule has 2 aromatic rings. The first kappa shape index (κ1) is 10.3. The fourth-order valence-corrected chi connectivity index (χ4v) is 2.53. The number of aryl methyl sites for hydroxylation is 1. The second-order valence-corrected chi connectivity index (χ2v) is 4.38. The molecule has 0 bridgehead atoms. The minimum atomic E-state index is -0.399. The molecular weight excluding hydrogens is 217 g/mol. The Bertz CT molecular complexity index is 548. The van der Waals surface area contributed by atoms with E-state index in [-0.39, 0.29) is 11.7 Å². The number of halogens is 1. The minimum absolute atomic E-state index is 0.0237. The normalized spacial score (nSPS) is 18.1. The zero-order valence-corrected chi connectivity index (χ0v) is 9.23. The van der Waals surface area contributed by atoms with Gasteiger partial charge in [-0.25, -0.2) is 4.39 Å². The van der Waals surface area contributed by atoms with E-state index in [0.29, 0.717) is 0 Å². The summed E-state index contributed by atoms with van der Waals surface area (Å²) in [7, 11) is 0. The number of pyridine rings is 1. The van der Waals surface area contributed by atoms with E-state index in [1.165, 1.54) is 11.6 Å². The summed E-state index contributed by atoms with van der Waals surface area (Å²) in [6, 6.07) is 8.20. The van der Waals surface area contributed by atoms with Crippen LogP contribution in [0.4, 0.5) is 4.39 Å². The lowest BCUT2D eigenvalue weighted by molar-refractivity contribution is 0.467. The van der Waals surface area contributed by atoms with Crippen molar-refractivity contribution in [2.45, 2.75) is 18.8 Å². The molecular formula is C14H12FNO. The van der Waals surface area contributed by atoms with Gasteiger partial charge in [0.25, 0.3) is 0 Å². The van der Waals surface area contributed by atoms with Crippen molar-refractivity contribution in [3.63, 3.8) is 0 Å². The van der Waals surface area contributed by atoms with Crippen molar-refractivity contribution in [3.05, 3.63) is 59.2 Å². The summed E-state index contributed by atoms with van der Waals surface area (Å²) in [4.78, 5) is 4.37. The van der Waals surface area contributed by atoms with Crippen LogP contribution in [0.15, 0.2) is 36.5 Å². The number of aromatic nitrogens is 1. The first-order chi connectivity index (χ1) is 8.24. The third-order valence-corrected chi connectivity index (χ3v) is 3.27. The van der Waals surface area contributed by atoms with Crippen LogP contribution in [0, 0.1) is 5.82 Å². The summed E-state index contributed by atoms with van der Waals surface area (Å²) in [5, 5.41) is 9.44. The lowest BCUT2D eigenvalue weighted by Gasteiger charge is -2.11. The molecule has 1 atom stereocenters. The van der Waals surface area contributed by atoms with Crippen molar-refractivity contribution >= 4 is 0 Å². The number of fused-ring (bicyclic) bond motifs is 1. The van der Waals surface area contributed by atoms with Gasteiger partial charge in [0.2, 0.25) is 0 Å². The average Bonchev–Trinajstić information content (AvgIpc) is 2.71. The number of rotatable bonds is 1. The summed E-state index contributed by atoms with van der Waals surface area (Å²) in [6.07, 6.45) is 3.65. The van der Waals surface area contributed by atoms with Crippen LogP contribution in [-0.4, -0.2) is 10.1 Å². The zero-order valence-electron chi connectivity index (χ0n) is 9.23. The Balaban J connectivity index is 2.06. The van der Waals surface area contributed by atoms with Crippen molar-refractivity contribution in [2.24, 2.45) is 0 Å². The zero-order chi connectivity index (χ0) is 11.8. The van der Waals surface area contributed by atoms with E-state index in [1.54, 1.807) is 12.3 Å². The second-order valence-electron chi connectivity index (χ2n) is 4.38. The number of hydrogen-bond acceptors (Lipinski definition) is 2. The lowest BCUT2D eigenvalue weighted by atomic mass is 9.96. The van der Waals surface area contributed by atoms with Gasteiger partial charge in [-0.3, -0.25) is 4.98 Å². The maximum absolute atomic E-state index is 13.3. The van der Waals surface area contributed by atoms with Crippen LogP contribution in [0.2, 0.25) is 0 Å². The molecule has 17 heavy (non-hydrogen) atoms. The molecule has 0 saturated heterocycles. The number of phenols is 1. The van der Waals surface area contributed by atoms with Crippen LogP contribution < -0.4 is 0 Å². The predicted molar refractivity (Wildman–Crippen MR) is 62.5 cm³/mol. The van der Waals surface area contributed by atoms with E-state index in [0.717, 1.165) is 30.2 Å². The molecule has 0 amide bonds. The Morgan fingerprint density at radius 1 is 1.29 bits per heavy atom. The molecule has 0 fully saturated rings. The molecule has 1 N–H and O–H groups in total. The molecule has 1 aromatic carbocycles. The van der Waals surface area contributed by atoms with Crippen molar-refractivity contribution in [3.8, 4) is 5.75 Å². The van der Waals surface area contributed by atoms with Gasteiger partial charge >= 0.3 is 0 Å². The van der Waals surface area contributed by atoms with E-state index in [1.807, 2.05) is 6.07 Å². The summed E-state index contributed by atoms with van der Waals surface area (Å²) in [5.74, 6) is -0.318. The van der Waals surface area contributed by atoms with Crippen molar-refractivity contribution in [2.75, 3.05) is 0 Å². The summed E-state index contributed by atoms with van der Waals surface area (Å²) in [5.41, 5.74) is 3.04. The molecule has 3 rings (SSSR count). The Labute approximate surface area is 98.8 Å². The lowest BCUT2D eigenvalue weighted by Crippen LogP contribution is -1.99. The largest absolute Gasteiger partial charge is 0.508 e. The van der Waals surface area contributed by atoms with E-state index in [9.17, 15) is 9.50 Å². The monoisotopic (exact) mass is 229 g/mol. The highest BCUT2D eigenvalue weighted by Gasteiger charge is 2.25. The SMILES string of the molecule is Oc1cc(F)cc(C2CCc3cccnc32)c1. The van der Waals surface area contributed by atoms with Gasteiger partial charge in [-0.2, -0.15) is 0 Å². The van der Waals surface area contributed by atoms with Crippen LogP contribution in [0.3, 0.4) is 0 Å². The van der Waals surface area contributed by atoms with Crippen LogP contribution >= 0.6 is 0 Å². The Morgan fingerprint density at radius 3 is 3.00 bits per heavy atom. The van der Waals surface area contributed by atoms with Crippen molar-refractivity contribution in [1.29, 1.82) is 0 Å². The van der Waals surface area contributed by atoms with E-state index in [2.05, 4.69) is 11.1 Å². The third-order valence-electron chi connectivity index (χ3n) is 3.27. The quantitative estimate of drug-likeness (QED) is 0.815. The molecule has 1 aliphatic rings. The first-order valence-electron chi connectivity index (χ1n) is 5.67. The molecule has 0 spiro atoms. The molecule has 0 radical (unpaired) electrons. The molecule has 3 heteroatoms. The topological polar surface area (TPSA) is 33.1 Å². The van der Waals surface area contributed by atoms with Gasteiger partial charge in [0, 0.05) is 18.2 Å². The molecule has 1 unspecified atom stereocenters. The first-order valence-corrected chi connectivity index (χ1v) is 5.67. The Hall–Kier alpha value is -1.90. The number of benzene rings is 1. The maximum Gasteiger partial charge on any atom is 0.127 e. The smallest absolute Gasteiger partial charge is 0.127 e.